The number of nitrogens with one attached hydrogen (secondary N) is 2. The van der Waals surface area contributed by atoms with Crippen molar-refractivity contribution in [2.24, 2.45) is 0 Å². The van der Waals surface area contributed by atoms with E-state index in [9.17, 15) is 9.18 Å². The summed E-state index contributed by atoms with van der Waals surface area (Å²) < 4.78 is 12.9. The molecule has 124 valence electrons. The van der Waals surface area contributed by atoms with Crippen LogP contribution in [0.2, 0.25) is 0 Å². The summed E-state index contributed by atoms with van der Waals surface area (Å²) in [5, 5.41) is 13.2. The number of hydrogen-bond donors (Lipinski definition) is 2. The maximum absolute atomic E-state index is 12.9. The van der Waals surface area contributed by atoms with Crippen LogP contribution < -0.4 is 5.32 Å². The van der Waals surface area contributed by atoms with Crippen molar-refractivity contribution in [1.82, 2.24) is 15.2 Å². The number of rotatable bonds is 4. The lowest BCUT2D eigenvalue weighted by atomic mass is 10.1. The Kier molecular flexibility index (Phi) is 3.99. The van der Waals surface area contributed by atoms with Crippen molar-refractivity contribution in [2.75, 3.05) is 5.32 Å². The third-order valence-electron chi connectivity index (χ3n) is 3.81. The summed E-state index contributed by atoms with van der Waals surface area (Å²) in [6.45, 7) is 0. The average Bonchev–Trinajstić information content (AvgIpc) is 3.23. The highest BCUT2D eigenvalue weighted by atomic mass is 32.1. The summed E-state index contributed by atoms with van der Waals surface area (Å²) >= 11 is 1.32. The van der Waals surface area contributed by atoms with Gasteiger partial charge in [0.25, 0.3) is 5.91 Å². The number of fused-ring (bicyclic) bond motifs is 1. The lowest BCUT2D eigenvalue weighted by molar-refractivity contribution is 0.102. The van der Waals surface area contributed by atoms with Gasteiger partial charge in [-0.05, 0) is 35.9 Å². The minimum atomic E-state index is -0.381. The summed E-state index contributed by atoms with van der Waals surface area (Å²) in [7, 11) is 0. The minimum Gasteiger partial charge on any atom is -0.361 e. The lowest BCUT2D eigenvalue weighted by Crippen LogP contribution is -2.11. The zero-order chi connectivity index (χ0) is 17.2. The van der Waals surface area contributed by atoms with E-state index < -0.39 is 0 Å². The van der Waals surface area contributed by atoms with Gasteiger partial charge in [-0.1, -0.05) is 29.5 Å². The summed E-state index contributed by atoms with van der Waals surface area (Å²) in [6, 6.07) is 13.4. The molecule has 0 atom stereocenters. The molecule has 2 N–H and O–H groups in total. The SMILES string of the molecule is O=C(Nc1nnc(Cc2c[nH]c3ccccc23)s1)c1ccc(F)cc1. The Morgan fingerprint density at radius 2 is 1.92 bits per heavy atom. The highest BCUT2D eigenvalue weighted by molar-refractivity contribution is 7.15. The van der Waals surface area contributed by atoms with Crippen LogP contribution in [-0.4, -0.2) is 21.1 Å². The maximum Gasteiger partial charge on any atom is 0.257 e. The van der Waals surface area contributed by atoms with E-state index in [1.807, 2.05) is 24.4 Å². The molecule has 1 amide bonds. The van der Waals surface area contributed by atoms with E-state index in [4.69, 9.17) is 0 Å². The fourth-order valence-electron chi connectivity index (χ4n) is 2.59. The van der Waals surface area contributed by atoms with Crippen molar-refractivity contribution in [2.45, 2.75) is 6.42 Å². The first-order valence-electron chi connectivity index (χ1n) is 7.63. The monoisotopic (exact) mass is 352 g/mol. The molecule has 0 aliphatic heterocycles. The van der Waals surface area contributed by atoms with E-state index in [-0.39, 0.29) is 11.7 Å². The topological polar surface area (TPSA) is 70.7 Å². The van der Waals surface area contributed by atoms with Crippen LogP contribution in [0.25, 0.3) is 10.9 Å². The molecule has 4 rings (SSSR count). The highest BCUT2D eigenvalue weighted by Crippen LogP contribution is 2.24. The van der Waals surface area contributed by atoms with Crippen LogP contribution >= 0.6 is 11.3 Å². The molecular formula is C18H13FN4OS. The van der Waals surface area contributed by atoms with E-state index in [1.54, 1.807) is 0 Å². The number of hydrogen-bond acceptors (Lipinski definition) is 4. The molecule has 2 aromatic heterocycles. The molecule has 0 bridgehead atoms. The van der Waals surface area contributed by atoms with Gasteiger partial charge in [0.05, 0.1) is 0 Å². The Balaban J connectivity index is 1.48. The average molecular weight is 352 g/mol. The summed E-state index contributed by atoms with van der Waals surface area (Å²) in [4.78, 5) is 15.4. The number of aromatic amines is 1. The number of benzene rings is 2. The molecule has 2 heterocycles. The number of para-hydroxylation sites is 1. The highest BCUT2D eigenvalue weighted by Gasteiger charge is 2.12. The Bertz CT molecular complexity index is 1040. The third kappa shape index (κ3) is 3.27. The number of H-pyrrole nitrogens is 1. The molecule has 0 fully saturated rings. The molecule has 0 unspecified atom stereocenters. The fourth-order valence-corrected chi connectivity index (χ4v) is 3.34. The molecule has 0 spiro atoms. The van der Waals surface area contributed by atoms with Crippen LogP contribution in [0.3, 0.4) is 0 Å². The normalized spacial score (nSPS) is 10.9. The molecule has 0 saturated heterocycles. The smallest absolute Gasteiger partial charge is 0.257 e. The minimum absolute atomic E-state index is 0.338. The van der Waals surface area contributed by atoms with Crippen molar-refractivity contribution in [3.8, 4) is 0 Å². The van der Waals surface area contributed by atoms with Crippen LogP contribution in [-0.2, 0) is 6.42 Å². The second-order valence-corrected chi connectivity index (χ2v) is 6.56. The van der Waals surface area contributed by atoms with Gasteiger partial charge in [0.15, 0.2) is 0 Å². The first-order chi connectivity index (χ1) is 12.2. The number of anilines is 1. The molecule has 0 aliphatic rings. The fraction of sp³-hybridized carbons (Fsp3) is 0.0556. The van der Waals surface area contributed by atoms with Gasteiger partial charge in [0.2, 0.25) is 5.13 Å². The van der Waals surface area contributed by atoms with Crippen molar-refractivity contribution in [1.29, 1.82) is 0 Å². The number of amides is 1. The van der Waals surface area contributed by atoms with Crippen LogP contribution in [0.4, 0.5) is 9.52 Å². The first kappa shape index (κ1) is 15.5. The van der Waals surface area contributed by atoms with Gasteiger partial charge in [-0.15, -0.1) is 10.2 Å². The molecule has 0 radical (unpaired) electrons. The largest absolute Gasteiger partial charge is 0.361 e. The van der Waals surface area contributed by atoms with E-state index in [0.717, 1.165) is 21.5 Å². The first-order valence-corrected chi connectivity index (χ1v) is 8.45. The van der Waals surface area contributed by atoms with Crippen molar-refractivity contribution >= 4 is 33.3 Å². The molecule has 25 heavy (non-hydrogen) atoms. The molecule has 5 nitrogen and oxygen atoms in total. The quantitative estimate of drug-likeness (QED) is 0.583. The Labute approximate surface area is 146 Å². The van der Waals surface area contributed by atoms with Gasteiger partial charge in [-0.25, -0.2) is 4.39 Å². The van der Waals surface area contributed by atoms with Gasteiger partial charge in [0.1, 0.15) is 10.8 Å². The summed E-state index contributed by atoms with van der Waals surface area (Å²) in [5.41, 5.74) is 2.57. The van der Waals surface area contributed by atoms with Crippen LogP contribution in [0.15, 0.2) is 54.7 Å². The van der Waals surface area contributed by atoms with Gasteiger partial charge < -0.3 is 4.98 Å². The Morgan fingerprint density at radius 1 is 1.12 bits per heavy atom. The Morgan fingerprint density at radius 3 is 2.76 bits per heavy atom. The second kappa shape index (κ2) is 6.45. The van der Waals surface area contributed by atoms with Crippen molar-refractivity contribution in [3.05, 3.63) is 76.7 Å². The number of halogens is 1. The van der Waals surface area contributed by atoms with E-state index >= 15 is 0 Å². The molecule has 0 saturated carbocycles. The van der Waals surface area contributed by atoms with Crippen molar-refractivity contribution in [3.63, 3.8) is 0 Å². The molecule has 0 aliphatic carbocycles. The van der Waals surface area contributed by atoms with E-state index in [1.165, 1.54) is 35.6 Å². The predicted octanol–water partition coefficient (Wildman–Crippen LogP) is 4.00. The molecule has 4 aromatic rings. The van der Waals surface area contributed by atoms with Gasteiger partial charge >= 0.3 is 0 Å². The molecule has 2 aromatic carbocycles. The summed E-state index contributed by atoms with van der Waals surface area (Å²) in [5.74, 6) is -0.719. The van der Waals surface area contributed by atoms with Gasteiger partial charge in [-0.3, -0.25) is 10.1 Å². The van der Waals surface area contributed by atoms with Gasteiger partial charge in [0, 0.05) is 29.1 Å². The number of aromatic nitrogens is 3. The van der Waals surface area contributed by atoms with Gasteiger partial charge in [-0.2, -0.15) is 0 Å². The standard InChI is InChI=1S/C18H13FN4OS/c19-13-7-5-11(6-8-13)17(24)21-18-23-22-16(25-18)9-12-10-20-15-4-2-1-3-14(12)15/h1-8,10,20H,9H2,(H,21,23,24). The predicted molar refractivity (Wildman–Crippen MR) is 95.4 cm³/mol. The van der Waals surface area contributed by atoms with Crippen LogP contribution in [0.1, 0.15) is 20.9 Å². The van der Waals surface area contributed by atoms with Crippen molar-refractivity contribution < 1.29 is 9.18 Å². The van der Waals surface area contributed by atoms with Crippen LogP contribution in [0, 0.1) is 5.82 Å². The summed E-state index contributed by atoms with van der Waals surface area (Å²) in [6.07, 6.45) is 2.59. The van der Waals surface area contributed by atoms with E-state index in [0.29, 0.717) is 17.1 Å². The lowest BCUT2D eigenvalue weighted by Gasteiger charge is -2.00. The number of nitrogens with zero attached hydrogens (tertiary/aromatic N) is 2. The number of carbonyl (C=O) groups excluding carboxylic acids is 1. The zero-order valence-corrected chi connectivity index (χ0v) is 13.8. The van der Waals surface area contributed by atoms with E-state index in [2.05, 4.69) is 26.6 Å². The Hall–Kier alpha value is -3.06. The maximum atomic E-state index is 12.9. The molecule has 7 heteroatoms. The molecular weight excluding hydrogens is 339 g/mol. The third-order valence-corrected chi connectivity index (χ3v) is 4.65. The van der Waals surface area contributed by atoms with Crippen LogP contribution in [0.5, 0.6) is 0 Å². The second-order valence-electron chi connectivity index (χ2n) is 5.50. The zero-order valence-electron chi connectivity index (χ0n) is 13.0. The number of carbonyl (C=O) groups is 1.